The van der Waals surface area contributed by atoms with Crippen molar-refractivity contribution >= 4 is 15.9 Å². The number of hydrogen-bond donors (Lipinski definition) is 1. The monoisotopic (exact) mass is 252 g/mol. The Bertz CT molecular complexity index is 514. The lowest BCUT2D eigenvalue weighted by Gasteiger charge is -2.19. The van der Waals surface area contributed by atoms with E-state index in [0.29, 0.717) is 24.3 Å². The van der Waals surface area contributed by atoms with Crippen molar-refractivity contribution < 1.29 is 8.42 Å². The van der Waals surface area contributed by atoms with E-state index in [9.17, 15) is 8.42 Å². The molecule has 0 saturated carbocycles. The summed E-state index contributed by atoms with van der Waals surface area (Å²) in [5, 5.41) is 0. The van der Waals surface area contributed by atoms with Crippen LogP contribution in [0.1, 0.15) is 19.4 Å². The van der Waals surface area contributed by atoms with E-state index in [1.807, 2.05) is 0 Å². The average Bonchev–Trinajstić information content (AvgIpc) is 2.29. The molecule has 92 valence electrons. The van der Waals surface area contributed by atoms with Gasteiger partial charge in [0, 0.05) is 18.7 Å². The zero-order valence-electron chi connectivity index (χ0n) is 9.97. The number of benzene rings is 1. The maximum Gasteiger partial charge on any atom is 0.301 e. The van der Waals surface area contributed by atoms with E-state index in [0.717, 1.165) is 0 Å². The van der Waals surface area contributed by atoms with Crippen LogP contribution in [0.4, 0.5) is 5.69 Å². The zero-order chi connectivity index (χ0) is 12.9. The Balaban J connectivity index is 2.94. The molecule has 0 aliphatic carbocycles. The van der Waals surface area contributed by atoms with Crippen molar-refractivity contribution in [3.8, 4) is 12.3 Å². The van der Waals surface area contributed by atoms with Gasteiger partial charge in [-0.3, -0.25) is 4.72 Å². The van der Waals surface area contributed by atoms with Crippen molar-refractivity contribution in [3.63, 3.8) is 0 Å². The molecule has 4 nitrogen and oxygen atoms in total. The fourth-order valence-electron chi connectivity index (χ4n) is 1.45. The van der Waals surface area contributed by atoms with Crippen LogP contribution in [0.3, 0.4) is 0 Å². The molecule has 1 aromatic carbocycles. The van der Waals surface area contributed by atoms with Crippen LogP contribution in [0.2, 0.25) is 0 Å². The Morgan fingerprint density at radius 2 is 2.00 bits per heavy atom. The highest BCUT2D eigenvalue weighted by atomic mass is 32.2. The maximum absolute atomic E-state index is 11.9. The Hall–Kier alpha value is -1.51. The topological polar surface area (TPSA) is 49.4 Å². The molecule has 0 spiro atoms. The molecule has 0 aromatic heterocycles. The third-order valence-corrected chi connectivity index (χ3v) is 4.01. The molecule has 0 atom stereocenters. The minimum atomic E-state index is -3.49. The van der Waals surface area contributed by atoms with Gasteiger partial charge in [0.2, 0.25) is 0 Å². The largest absolute Gasteiger partial charge is 0.301 e. The van der Waals surface area contributed by atoms with Crippen molar-refractivity contribution in [1.82, 2.24) is 4.31 Å². The first kappa shape index (κ1) is 13.6. The molecular formula is C12H16N2O2S. The van der Waals surface area contributed by atoms with Crippen LogP contribution in [0, 0.1) is 12.3 Å². The summed E-state index contributed by atoms with van der Waals surface area (Å²) in [6, 6.07) is 6.76. The lowest BCUT2D eigenvalue weighted by Crippen LogP contribution is -2.35. The van der Waals surface area contributed by atoms with Crippen LogP contribution >= 0.6 is 0 Å². The van der Waals surface area contributed by atoms with E-state index >= 15 is 0 Å². The number of nitrogens with one attached hydrogen (secondary N) is 1. The Morgan fingerprint density at radius 1 is 1.35 bits per heavy atom. The van der Waals surface area contributed by atoms with Crippen LogP contribution in [0.5, 0.6) is 0 Å². The van der Waals surface area contributed by atoms with Gasteiger partial charge in [0.25, 0.3) is 0 Å². The van der Waals surface area contributed by atoms with Gasteiger partial charge >= 0.3 is 10.2 Å². The van der Waals surface area contributed by atoms with Gasteiger partial charge in [-0.15, -0.1) is 6.42 Å². The predicted octanol–water partition coefficient (Wildman–Crippen LogP) is 1.67. The fourth-order valence-corrected chi connectivity index (χ4v) is 2.68. The molecule has 0 radical (unpaired) electrons. The van der Waals surface area contributed by atoms with Gasteiger partial charge < -0.3 is 0 Å². The van der Waals surface area contributed by atoms with Crippen molar-refractivity contribution in [2.45, 2.75) is 13.8 Å². The molecule has 17 heavy (non-hydrogen) atoms. The SMILES string of the molecule is C#Cc1cccc(NS(=O)(=O)N(CC)CC)c1. The van der Waals surface area contributed by atoms with E-state index < -0.39 is 10.2 Å². The number of hydrogen-bond acceptors (Lipinski definition) is 2. The van der Waals surface area contributed by atoms with E-state index in [1.54, 1.807) is 38.1 Å². The van der Waals surface area contributed by atoms with Crippen LogP contribution < -0.4 is 4.72 Å². The molecule has 5 heteroatoms. The van der Waals surface area contributed by atoms with E-state index in [1.165, 1.54) is 4.31 Å². The molecule has 1 rings (SSSR count). The maximum atomic E-state index is 11.9. The number of terminal acetylenes is 1. The Morgan fingerprint density at radius 3 is 2.53 bits per heavy atom. The van der Waals surface area contributed by atoms with Gasteiger partial charge in [-0.1, -0.05) is 25.8 Å². The molecule has 0 amide bonds. The van der Waals surface area contributed by atoms with E-state index in [-0.39, 0.29) is 0 Å². The highest BCUT2D eigenvalue weighted by Gasteiger charge is 2.18. The standard InChI is InChI=1S/C12H16N2O2S/c1-4-11-8-7-9-12(10-11)13-17(15,16)14(5-2)6-3/h1,7-10,13H,5-6H2,2-3H3. The van der Waals surface area contributed by atoms with Gasteiger partial charge in [-0.25, -0.2) is 0 Å². The summed E-state index contributed by atoms with van der Waals surface area (Å²) >= 11 is 0. The molecular weight excluding hydrogens is 236 g/mol. The lowest BCUT2D eigenvalue weighted by molar-refractivity contribution is 0.449. The van der Waals surface area contributed by atoms with Crippen molar-refractivity contribution in [1.29, 1.82) is 0 Å². The molecule has 1 aromatic rings. The summed E-state index contributed by atoms with van der Waals surface area (Å²) in [6.07, 6.45) is 5.26. The molecule has 0 unspecified atom stereocenters. The molecule has 0 aliphatic rings. The third-order valence-electron chi connectivity index (χ3n) is 2.32. The van der Waals surface area contributed by atoms with Gasteiger partial charge in [0.1, 0.15) is 0 Å². The van der Waals surface area contributed by atoms with E-state index in [4.69, 9.17) is 6.42 Å². The van der Waals surface area contributed by atoms with Crippen LogP contribution in [-0.2, 0) is 10.2 Å². The number of nitrogens with zero attached hydrogens (tertiary/aromatic N) is 1. The summed E-state index contributed by atoms with van der Waals surface area (Å²) in [6.45, 7) is 4.45. The quantitative estimate of drug-likeness (QED) is 0.810. The second kappa shape index (κ2) is 5.71. The number of anilines is 1. The highest BCUT2D eigenvalue weighted by molar-refractivity contribution is 7.90. The minimum absolute atomic E-state index is 0.431. The van der Waals surface area contributed by atoms with E-state index in [2.05, 4.69) is 10.6 Å². The Labute approximate surface area is 103 Å². The first-order chi connectivity index (χ1) is 8.03. The molecule has 0 aliphatic heterocycles. The van der Waals surface area contributed by atoms with Gasteiger partial charge in [-0.05, 0) is 18.2 Å². The summed E-state index contributed by atoms with van der Waals surface area (Å²) in [4.78, 5) is 0. The zero-order valence-corrected chi connectivity index (χ0v) is 10.8. The third kappa shape index (κ3) is 3.48. The molecule has 0 fully saturated rings. The van der Waals surface area contributed by atoms with Crippen molar-refractivity contribution in [2.24, 2.45) is 0 Å². The highest BCUT2D eigenvalue weighted by Crippen LogP contribution is 2.13. The van der Waals surface area contributed by atoms with Gasteiger partial charge in [0.15, 0.2) is 0 Å². The van der Waals surface area contributed by atoms with Gasteiger partial charge in [0.05, 0.1) is 5.69 Å². The Kier molecular flexibility index (Phi) is 4.55. The summed E-state index contributed by atoms with van der Waals surface area (Å²) in [7, 11) is -3.49. The van der Waals surface area contributed by atoms with Crippen LogP contribution in [0.25, 0.3) is 0 Å². The molecule has 0 heterocycles. The first-order valence-corrected chi connectivity index (χ1v) is 6.82. The molecule has 1 N–H and O–H groups in total. The smallest absolute Gasteiger partial charge is 0.271 e. The second-order valence-electron chi connectivity index (χ2n) is 3.42. The van der Waals surface area contributed by atoms with Crippen LogP contribution in [0.15, 0.2) is 24.3 Å². The normalized spacial score (nSPS) is 11.2. The van der Waals surface area contributed by atoms with Crippen LogP contribution in [-0.4, -0.2) is 25.8 Å². The number of rotatable bonds is 5. The van der Waals surface area contributed by atoms with Gasteiger partial charge in [-0.2, -0.15) is 12.7 Å². The molecule has 0 saturated heterocycles. The average molecular weight is 252 g/mol. The summed E-state index contributed by atoms with van der Waals surface area (Å²) in [5.74, 6) is 2.46. The fraction of sp³-hybridized carbons (Fsp3) is 0.333. The predicted molar refractivity (Wildman–Crippen MR) is 69.8 cm³/mol. The minimum Gasteiger partial charge on any atom is -0.271 e. The molecule has 0 bridgehead atoms. The lowest BCUT2D eigenvalue weighted by atomic mass is 10.2. The second-order valence-corrected chi connectivity index (χ2v) is 5.09. The summed E-state index contributed by atoms with van der Waals surface area (Å²) < 4.78 is 27.7. The first-order valence-electron chi connectivity index (χ1n) is 5.38. The van der Waals surface area contributed by atoms with Crippen molar-refractivity contribution in [2.75, 3.05) is 17.8 Å². The summed E-state index contributed by atoms with van der Waals surface area (Å²) in [5.41, 5.74) is 1.12. The van der Waals surface area contributed by atoms with Crippen molar-refractivity contribution in [3.05, 3.63) is 29.8 Å².